The smallest absolute Gasteiger partial charge is 0.0538 e. The maximum atomic E-state index is 2.50. The van der Waals surface area contributed by atoms with Crippen LogP contribution in [0.3, 0.4) is 0 Å². The molecule has 0 N–H and O–H groups in total. The first-order valence-corrected chi connectivity index (χ1v) is 10.5. The number of hydrogen-bond acceptors (Lipinski definition) is 0. The van der Waals surface area contributed by atoms with Gasteiger partial charge < -0.3 is 0 Å². The van der Waals surface area contributed by atoms with Gasteiger partial charge >= 0.3 is 0 Å². The fourth-order valence-electron chi connectivity index (χ4n) is 4.61. The summed E-state index contributed by atoms with van der Waals surface area (Å²) in [5.41, 5.74) is 6.50. The third kappa shape index (κ3) is 3.02. The van der Waals surface area contributed by atoms with Crippen molar-refractivity contribution in [2.24, 2.45) is 17.8 Å². The molecule has 3 unspecified atom stereocenters. The highest BCUT2D eigenvalue weighted by molar-refractivity contribution is 6.39. The number of aryl methyl sites for hydroxylation is 2. The quantitative estimate of drug-likeness (QED) is 0.485. The van der Waals surface area contributed by atoms with Crippen LogP contribution in [-0.4, -0.2) is 9.52 Å². The van der Waals surface area contributed by atoms with Crippen molar-refractivity contribution in [3.8, 4) is 0 Å². The standard InChI is InChI=1S/C23H26Si/c1-16-7-3-5-9-21(16)23(22-10-6-4-8-17(22)2)24-15-20-14-18-11-12-19(20)13-18/h3-12,18-20,23H,13-15H2,1-2H3. The number of rotatable bonds is 5. The van der Waals surface area contributed by atoms with Crippen molar-refractivity contribution in [3.05, 3.63) is 82.9 Å². The van der Waals surface area contributed by atoms with E-state index in [2.05, 4.69) is 74.5 Å². The normalized spacial score (nSPS) is 24.9. The lowest BCUT2D eigenvalue weighted by Gasteiger charge is -2.24. The summed E-state index contributed by atoms with van der Waals surface area (Å²) >= 11 is 0. The highest BCUT2D eigenvalue weighted by Crippen LogP contribution is 2.45. The van der Waals surface area contributed by atoms with Crippen LogP contribution in [-0.2, 0) is 0 Å². The first kappa shape index (κ1) is 15.9. The summed E-state index contributed by atoms with van der Waals surface area (Å²) in [7, 11) is 0.981. The molecular weight excluding hydrogens is 304 g/mol. The molecule has 0 nitrogen and oxygen atoms in total. The zero-order valence-corrected chi connectivity index (χ0v) is 15.7. The van der Waals surface area contributed by atoms with Crippen LogP contribution in [0.1, 0.15) is 40.6 Å². The Hall–Kier alpha value is -1.60. The van der Waals surface area contributed by atoms with E-state index in [1.807, 2.05) is 0 Å². The average molecular weight is 331 g/mol. The summed E-state index contributed by atoms with van der Waals surface area (Å²) in [6.45, 7) is 4.54. The van der Waals surface area contributed by atoms with Gasteiger partial charge in [-0.05, 0) is 72.2 Å². The highest BCUT2D eigenvalue weighted by Gasteiger charge is 2.35. The zero-order chi connectivity index (χ0) is 16.5. The maximum Gasteiger partial charge on any atom is 0.0538 e. The van der Waals surface area contributed by atoms with Crippen LogP contribution >= 0.6 is 0 Å². The maximum absolute atomic E-state index is 2.50. The molecule has 0 saturated heterocycles. The fraction of sp³-hybridized carbons (Fsp3) is 0.391. The summed E-state index contributed by atoms with van der Waals surface area (Å²) in [6, 6.07) is 19.4. The molecule has 0 amide bonds. The van der Waals surface area contributed by atoms with Crippen LogP contribution in [0.2, 0.25) is 6.04 Å². The molecule has 2 bridgehead atoms. The van der Waals surface area contributed by atoms with Crippen molar-refractivity contribution in [2.45, 2.75) is 38.3 Å². The van der Waals surface area contributed by atoms with E-state index in [0.717, 1.165) is 27.3 Å². The van der Waals surface area contributed by atoms with Gasteiger partial charge in [-0.25, -0.2) is 0 Å². The second-order valence-electron chi connectivity index (χ2n) is 7.59. The van der Waals surface area contributed by atoms with Gasteiger partial charge in [-0.2, -0.15) is 0 Å². The minimum absolute atomic E-state index is 0.565. The number of hydrogen-bond donors (Lipinski definition) is 0. The molecule has 0 aliphatic heterocycles. The molecule has 1 fully saturated rings. The van der Waals surface area contributed by atoms with Gasteiger partial charge in [0, 0.05) is 0 Å². The first-order chi connectivity index (χ1) is 11.7. The van der Waals surface area contributed by atoms with Gasteiger partial charge in [0.25, 0.3) is 0 Å². The first-order valence-electron chi connectivity index (χ1n) is 9.25. The molecule has 1 saturated carbocycles. The predicted octanol–water partition coefficient (Wildman–Crippen LogP) is 5.73. The molecule has 4 rings (SSSR count). The Bertz CT molecular complexity index is 700. The molecule has 0 aromatic heterocycles. The van der Waals surface area contributed by atoms with E-state index in [4.69, 9.17) is 0 Å². The Morgan fingerprint density at radius 3 is 2.00 bits per heavy atom. The minimum atomic E-state index is 0.565. The molecular formula is C23H26Si. The topological polar surface area (TPSA) is 0 Å². The van der Waals surface area contributed by atoms with E-state index < -0.39 is 0 Å². The van der Waals surface area contributed by atoms with Gasteiger partial charge in [0.15, 0.2) is 0 Å². The molecule has 122 valence electrons. The lowest BCUT2D eigenvalue weighted by molar-refractivity contribution is 0.490. The number of benzene rings is 2. The number of fused-ring (bicyclic) bond motifs is 2. The lowest BCUT2D eigenvalue weighted by Crippen LogP contribution is -2.17. The molecule has 2 aromatic carbocycles. The Balaban J connectivity index is 1.60. The molecule has 3 atom stereocenters. The summed E-state index contributed by atoms with van der Waals surface area (Å²) < 4.78 is 0. The Morgan fingerprint density at radius 1 is 0.875 bits per heavy atom. The van der Waals surface area contributed by atoms with Gasteiger partial charge in [0.1, 0.15) is 0 Å². The van der Waals surface area contributed by atoms with E-state index >= 15 is 0 Å². The average Bonchev–Trinajstić information content (AvgIpc) is 3.21. The molecule has 0 heterocycles. The minimum Gasteiger partial charge on any atom is -0.0851 e. The zero-order valence-electron chi connectivity index (χ0n) is 14.7. The second-order valence-corrected chi connectivity index (χ2v) is 8.99. The van der Waals surface area contributed by atoms with Crippen molar-refractivity contribution in [2.75, 3.05) is 0 Å². The number of allylic oxidation sites excluding steroid dienone is 2. The van der Waals surface area contributed by atoms with E-state index in [1.165, 1.54) is 41.1 Å². The fourth-order valence-corrected chi connectivity index (χ4v) is 6.70. The Morgan fingerprint density at radius 2 is 1.50 bits per heavy atom. The largest absolute Gasteiger partial charge is 0.0851 e. The monoisotopic (exact) mass is 330 g/mol. The van der Waals surface area contributed by atoms with Crippen LogP contribution in [0.25, 0.3) is 0 Å². The SMILES string of the molecule is Cc1ccccc1C([Si]CC1CC2C=CC1C2)c1ccccc1C. The molecule has 2 aromatic rings. The van der Waals surface area contributed by atoms with E-state index in [0.29, 0.717) is 5.54 Å². The Kier molecular flexibility index (Phi) is 4.45. The summed E-state index contributed by atoms with van der Waals surface area (Å²) in [5.74, 6) is 2.69. The second kappa shape index (κ2) is 6.72. The van der Waals surface area contributed by atoms with Crippen molar-refractivity contribution in [1.82, 2.24) is 0 Å². The van der Waals surface area contributed by atoms with E-state index in [-0.39, 0.29) is 0 Å². The molecule has 2 aliphatic carbocycles. The van der Waals surface area contributed by atoms with Gasteiger partial charge in [0.05, 0.1) is 9.52 Å². The van der Waals surface area contributed by atoms with Crippen LogP contribution in [0.15, 0.2) is 60.7 Å². The van der Waals surface area contributed by atoms with Crippen molar-refractivity contribution in [3.63, 3.8) is 0 Å². The van der Waals surface area contributed by atoms with Crippen molar-refractivity contribution in [1.29, 1.82) is 0 Å². The van der Waals surface area contributed by atoms with Gasteiger partial charge in [-0.15, -0.1) is 0 Å². The summed E-state index contributed by atoms with van der Waals surface area (Å²) in [4.78, 5) is 0. The van der Waals surface area contributed by atoms with Crippen LogP contribution < -0.4 is 0 Å². The molecule has 2 radical (unpaired) electrons. The molecule has 0 spiro atoms. The van der Waals surface area contributed by atoms with Gasteiger partial charge in [-0.1, -0.05) is 66.7 Å². The van der Waals surface area contributed by atoms with Gasteiger partial charge in [-0.3, -0.25) is 0 Å². The van der Waals surface area contributed by atoms with E-state index in [1.54, 1.807) is 0 Å². The lowest BCUT2D eigenvalue weighted by atomic mass is 9.95. The summed E-state index contributed by atoms with van der Waals surface area (Å²) in [6.07, 6.45) is 7.82. The molecule has 2 aliphatic rings. The van der Waals surface area contributed by atoms with Crippen LogP contribution in [0, 0.1) is 31.6 Å². The third-order valence-electron chi connectivity index (χ3n) is 6.00. The predicted molar refractivity (Wildman–Crippen MR) is 104 cm³/mol. The van der Waals surface area contributed by atoms with Crippen LogP contribution in [0.4, 0.5) is 0 Å². The third-order valence-corrected chi connectivity index (χ3v) is 7.79. The van der Waals surface area contributed by atoms with Crippen LogP contribution in [0.5, 0.6) is 0 Å². The summed E-state index contributed by atoms with van der Waals surface area (Å²) in [5, 5.41) is 0. The van der Waals surface area contributed by atoms with Gasteiger partial charge in [0.2, 0.25) is 0 Å². The highest BCUT2D eigenvalue weighted by atomic mass is 28.2. The Labute approximate surface area is 148 Å². The molecule has 24 heavy (non-hydrogen) atoms. The van der Waals surface area contributed by atoms with Crippen molar-refractivity contribution >= 4 is 9.52 Å². The van der Waals surface area contributed by atoms with E-state index in [9.17, 15) is 0 Å². The molecule has 1 heteroatoms. The van der Waals surface area contributed by atoms with Crippen molar-refractivity contribution < 1.29 is 0 Å².